The molecule has 0 unspecified atom stereocenters. The number of rotatable bonds is 6. The fraction of sp³-hybridized carbons (Fsp3) is 0.261. The molecule has 1 N–H and O–H groups in total. The van der Waals surface area contributed by atoms with Crippen LogP contribution in [0.5, 0.6) is 0 Å². The van der Waals surface area contributed by atoms with Gasteiger partial charge in [-0.15, -0.1) is 0 Å². The minimum atomic E-state index is -0.0274. The number of nitrogens with one attached hydrogen (secondary N) is 1. The molecule has 0 aliphatic heterocycles. The van der Waals surface area contributed by atoms with Crippen molar-refractivity contribution in [2.45, 2.75) is 26.4 Å². The van der Waals surface area contributed by atoms with Crippen LogP contribution in [0.3, 0.4) is 0 Å². The summed E-state index contributed by atoms with van der Waals surface area (Å²) in [5.74, 6) is 0.0431. The summed E-state index contributed by atoms with van der Waals surface area (Å²) in [4.78, 5) is 14.5. The molecule has 0 fully saturated rings. The number of amides is 1. The Labute approximate surface area is 155 Å². The third kappa shape index (κ3) is 4.30. The fourth-order valence-corrected chi connectivity index (χ4v) is 3.37. The van der Waals surface area contributed by atoms with E-state index in [1.807, 2.05) is 49.2 Å². The monoisotopic (exact) mass is 346 g/mol. The summed E-state index contributed by atoms with van der Waals surface area (Å²) in [6.07, 6.45) is 0. The van der Waals surface area contributed by atoms with Crippen LogP contribution in [-0.2, 0) is 11.3 Å². The molecule has 0 spiro atoms. The Morgan fingerprint density at radius 1 is 1.00 bits per heavy atom. The van der Waals surface area contributed by atoms with Gasteiger partial charge in [0.25, 0.3) is 0 Å². The van der Waals surface area contributed by atoms with E-state index in [1.165, 1.54) is 21.9 Å². The van der Waals surface area contributed by atoms with Crippen LogP contribution in [0.25, 0.3) is 10.8 Å². The van der Waals surface area contributed by atoms with Crippen LogP contribution < -0.4 is 5.32 Å². The summed E-state index contributed by atoms with van der Waals surface area (Å²) in [5.41, 5.74) is 3.66. The Morgan fingerprint density at radius 3 is 2.50 bits per heavy atom. The zero-order chi connectivity index (χ0) is 18.5. The Hall–Kier alpha value is -2.65. The maximum atomic E-state index is 12.5. The predicted octanol–water partition coefficient (Wildman–Crippen LogP) is 4.46. The Kier molecular flexibility index (Phi) is 5.69. The van der Waals surface area contributed by atoms with E-state index in [2.05, 4.69) is 48.6 Å². The molecule has 1 amide bonds. The molecule has 0 aliphatic carbocycles. The van der Waals surface area contributed by atoms with Gasteiger partial charge in [0.1, 0.15) is 0 Å². The highest BCUT2D eigenvalue weighted by Crippen LogP contribution is 2.24. The molecule has 0 saturated carbocycles. The van der Waals surface area contributed by atoms with E-state index in [0.29, 0.717) is 6.54 Å². The third-order valence-electron chi connectivity index (χ3n) is 4.78. The van der Waals surface area contributed by atoms with Crippen molar-refractivity contribution in [1.82, 2.24) is 10.2 Å². The maximum Gasteiger partial charge on any atom is 0.234 e. The maximum absolute atomic E-state index is 12.5. The van der Waals surface area contributed by atoms with E-state index in [9.17, 15) is 4.79 Å². The van der Waals surface area contributed by atoms with Gasteiger partial charge in [-0.05, 0) is 48.4 Å². The number of hydrogen-bond donors (Lipinski definition) is 1. The second kappa shape index (κ2) is 8.15. The minimum absolute atomic E-state index is 0.0274. The third-order valence-corrected chi connectivity index (χ3v) is 4.78. The average Bonchev–Trinajstić information content (AvgIpc) is 2.63. The van der Waals surface area contributed by atoms with Gasteiger partial charge in [-0.1, -0.05) is 66.7 Å². The van der Waals surface area contributed by atoms with Crippen molar-refractivity contribution in [3.8, 4) is 0 Å². The van der Waals surface area contributed by atoms with Gasteiger partial charge in [0.2, 0.25) is 5.91 Å². The van der Waals surface area contributed by atoms with Gasteiger partial charge >= 0.3 is 0 Å². The Balaban J connectivity index is 1.63. The summed E-state index contributed by atoms with van der Waals surface area (Å²) in [5, 5.41) is 5.53. The van der Waals surface area contributed by atoms with Crippen LogP contribution in [0.15, 0.2) is 66.7 Å². The zero-order valence-electron chi connectivity index (χ0n) is 15.7. The highest BCUT2D eigenvalue weighted by atomic mass is 16.2. The molecule has 3 aromatic carbocycles. The van der Waals surface area contributed by atoms with Gasteiger partial charge in [0, 0.05) is 6.54 Å². The number of fused-ring (bicyclic) bond motifs is 1. The lowest BCUT2D eigenvalue weighted by atomic mass is 10.00. The van der Waals surface area contributed by atoms with E-state index in [0.717, 1.165) is 12.1 Å². The summed E-state index contributed by atoms with van der Waals surface area (Å²) in [6.45, 7) is 5.29. The van der Waals surface area contributed by atoms with Crippen LogP contribution in [0.1, 0.15) is 29.7 Å². The predicted molar refractivity (Wildman–Crippen MR) is 108 cm³/mol. The van der Waals surface area contributed by atoms with Gasteiger partial charge in [0.05, 0.1) is 12.6 Å². The molecule has 3 nitrogen and oxygen atoms in total. The standard InChI is InChI=1S/C23H26N2O/c1-17-9-4-5-11-20(17)15-25(3)16-23(26)24-18(2)21-14-8-12-19-10-6-7-13-22(19)21/h4-14,18H,15-16H2,1-3H3,(H,24,26)/t18-/m0/s1. The second-order valence-corrected chi connectivity index (χ2v) is 6.96. The lowest BCUT2D eigenvalue weighted by Gasteiger charge is -2.21. The van der Waals surface area contributed by atoms with Crippen LogP contribution >= 0.6 is 0 Å². The molecule has 0 aromatic heterocycles. The van der Waals surface area contributed by atoms with Crippen molar-refractivity contribution in [2.75, 3.05) is 13.6 Å². The molecule has 0 bridgehead atoms. The molecule has 3 rings (SSSR count). The fourth-order valence-electron chi connectivity index (χ4n) is 3.37. The lowest BCUT2D eigenvalue weighted by molar-refractivity contribution is -0.122. The molecule has 0 aliphatic rings. The highest BCUT2D eigenvalue weighted by Gasteiger charge is 2.14. The number of likely N-dealkylation sites (N-methyl/N-ethyl adjacent to an activating group) is 1. The Morgan fingerprint density at radius 2 is 1.69 bits per heavy atom. The number of benzene rings is 3. The number of carbonyl (C=O) groups excluding carboxylic acids is 1. The van der Waals surface area contributed by atoms with Crippen molar-refractivity contribution in [3.63, 3.8) is 0 Å². The second-order valence-electron chi connectivity index (χ2n) is 6.96. The van der Waals surface area contributed by atoms with Gasteiger partial charge in [0.15, 0.2) is 0 Å². The van der Waals surface area contributed by atoms with Gasteiger partial charge in [-0.3, -0.25) is 9.69 Å². The van der Waals surface area contributed by atoms with E-state index in [1.54, 1.807) is 0 Å². The number of aryl methyl sites for hydroxylation is 1. The number of hydrogen-bond acceptors (Lipinski definition) is 2. The topological polar surface area (TPSA) is 32.3 Å². The molecular formula is C23H26N2O. The van der Waals surface area contributed by atoms with Gasteiger partial charge in [-0.25, -0.2) is 0 Å². The van der Waals surface area contributed by atoms with Crippen molar-refractivity contribution in [3.05, 3.63) is 83.4 Å². The highest BCUT2D eigenvalue weighted by molar-refractivity contribution is 5.87. The smallest absolute Gasteiger partial charge is 0.234 e. The molecule has 3 heteroatoms. The minimum Gasteiger partial charge on any atom is -0.348 e. The van der Waals surface area contributed by atoms with Crippen molar-refractivity contribution >= 4 is 16.7 Å². The molecule has 134 valence electrons. The summed E-state index contributed by atoms with van der Waals surface area (Å²) in [6, 6.07) is 22.8. The summed E-state index contributed by atoms with van der Waals surface area (Å²) < 4.78 is 0. The number of carbonyl (C=O) groups is 1. The SMILES string of the molecule is Cc1ccccc1CN(C)CC(=O)N[C@@H](C)c1cccc2ccccc12. The molecule has 26 heavy (non-hydrogen) atoms. The Bertz CT molecular complexity index is 898. The largest absolute Gasteiger partial charge is 0.348 e. The van der Waals surface area contributed by atoms with Crippen LogP contribution in [0, 0.1) is 6.92 Å². The van der Waals surface area contributed by atoms with E-state index >= 15 is 0 Å². The summed E-state index contributed by atoms with van der Waals surface area (Å²) >= 11 is 0. The van der Waals surface area contributed by atoms with Crippen molar-refractivity contribution < 1.29 is 4.79 Å². The van der Waals surface area contributed by atoms with Crippen molar-refractivity contribution in [1.29, 1.82) is 0 Å². The number of nitrogens with zero attached hydrogens (tertiary/aromatic N) is 1. The first-order valence-electron chi connectivity index (χ1n) is 9.04. The zero-order valence-corrected chi connectivity index (χ0v) is 15.7. The molecular weight excluding hydrogens is 320 g/mol. The molecule has 3 aromatic rings. The van der Waals surface area contributed by atoms with E-state index in [4.69, 9.17) is 0 Å². The van der Waals surface area contributed by atoms with Gasteiger partial charge < -0.3 is 5.32 Å². The van der Waals surface area contributed by atoms with E-state index in [-0.39, 0.29) is 11.9 Å². The van der Waals surface area contributed by atoms with Crippen LogP contribution in [0.4, 0.5) is 0 Å². The first-order chi connectivity index (χ1) is 12.5. The van der Waals surface area contributed by atoms with E-state index < -0.39 is 0 Å². The van der Waals surface area contributed by atoms with Gasteiger partial charge in [-0.2, -0.15) is 0 Å². The van der Waals surface area contributed by atoms with Crippen molar-refractivity contribution in [2.24, 2.45) is 0 Å². The molecule has 1 atom stereocenters. The lowest BCUT2D eigenvalue weighted by Crippen LogP contribution is -2.36. The first kappa shape index (κ1) is 18.2. The van der Waals surface area contributed by atoms with Crippen LogP contribution in [0.2, 0.25) is 0 Å². The first-order valence-corrected chi connectivity index (χ1v) is 9.04. The average molecular weight is 346 g/mol. The molecule has 0 saturated heterocycles. The quantitative estimate of drug-likeness (QED) is 0.715. The molecule has 0 radical (unpaired) electrons. The summed E-state index contributed by atoms with van der Waals surface area (Å²) in [7, 11) is 1.98. The normalized spacial score (nSPS) is 12.3. The molecule has 0 heterocycles. The van der Waals surface area contributed by atoms with Crippen LogP contribution in [-0.4, -0.2) is 24.4 Å².